The third-order valence-corrected chi connectivity index (χ3v) is 2.78. The third kappa shape index (κ3) is 5.25. The zero-order valence-corrected chi connectivity index (χ0v) is 12.1. The van der Waals surface area contributed by atoms with Gasteiger partial charge >= 0.3 is 0 Å². The van der Waals surface area contributed by atoms with Crippen molar-refractivity contribution in [1.29, 1.82) is 0 Å². The zero-order valence-electron chi connectivity index (χ0n) is 12.1. The van der Waals surface area contributed by atoms with Crippen molar-refractivity contribution in [2.75, 3.05) is 0 Å². The van der Waals surface area contributed by atoms with E-state index in [1.54, 1.807) is 0 Å². The average molecular weight is 234 g/mol. The first-order chi connectivity index (χ1) is 7.78. The van der Waals surface area contributed by atoms with Crippen LogP contribution >= 0.6 is 0 Å². The molecule has 1 nitrogen and oxygen atoms in total. The van der Waals surface area contributed by atoms with E-state index in [1.807, 2.05) is 0 Å². The lowest BCUT2D eigenvalue weighted by atomic mass is 9.90. The molecule has 1 aromatic rings. The molecule has 1 rings (SSSR count). The van der Waals surface area contributed by atoms with Crippen molar-refractivity contribution in [3.05, 3.63) is 29.8 Å². The van der Waals surface area contributed by atoms with Gasteiger partial charge in [-0.25, -0.2) is 0 Å². The lowest BCUT2D eigenvalue weighted by Crippen LogP contribution is -2.20. The Bertz CT molecular complexity index is 330. The highest BCUT2D eigenvalue weighted by Crippen LogP contribution is 2.25. The number of benzene rings is 1. The third-order valence-electron chi connectivity index (χ3n) is 2.78. The molecular weight excluding hydrogens is 208 g/mol. The molecule has 0 spiro atoms. The van der Waals surface area contributed by atoms with E-state index >= 15 is 0 Å². The predicted octanol–water partition coefficient (Wildman–Crippen LogP) is 5.01. The van der Waals surface area contributed by atoms with Gasteiger partial charge in [0.2, 0.25) is 0 Å². The summed E-state index contributed by atoms with van der Waals surface area (Å²) in [6, 6.07) is 8.47. The Morgan fingerprint density at radius 1 is 1.00 bits per heavy atom. The van der Waals surface area contributed by atoms with Gasteiger partial charge in [-0.2, -0.15) is 0 Å². The van der Waals surface area contributed by atoms with Crippen LogP contribution in [0.1, 0.15) is 59.4 Å². The molecule has 0 fully saturated rings. The molecule has 0 saturated heterocycles. The number of ether oxygens (including phenoxy) is 1. The molecule has 1 aromatic carbocycles. The fourth-order valence-electron chi connectivity index (χ4n) is 2.07. The standard InChI is InChI=1S/C16H26O/c1-12(2)14-7-9-15(10-8-14)17-13(3)11-16(4,5)6/h7-10,12-13H,11H2,1-6H3. The lowest BCUT2D eigenvalue weighted by Gasteiger charge is -2.24. The summed E-state index contributed by atoms with van der Waals surface area (Å²) in [5.41, 5.74) is 1.68. The minimum absolute atomic E-state index is 0.264. The smallest absolute Gasteiger partial charge is 0.119 e. The topological polar surface area (TPSA) is 9.23 Å². The molecule has 0 heterocycles. The second kappa shape index (κ2) is 5.57. The minimum atomic E-state index is 0.264. The van der Waals surface area contributed by atoms with Gasteiger partial charge in [-0.15, -0.1) is 0 Å². The van der Waals surface area contributed by atoms with Crippen molar-refractivity contribution in [1.82, 2.24) is 0 Å². The van der Waals surface area contributed by atoms with Gasteiger partial charge in [-0.05, 0) is 42.4 Å². The summed E-state index contributed by atoms with van der Waals surface area (Å²) < 4.78 is 5.93. The van der Waals surface area contributed by atoms with Crippen LogP contribution in [0.4, 0.5) is 0 Å². The first-order valence-corrected chi connectivity index (χ1v) is 6.54. The summed E-state index contributed by atoms with van der Waals surface area (Å²) in [6.45, 7) is 13.3. The molecule has 1 unspecified atom stereocenters. The van der Waals surface area contributed by atoms with Crippen LogP contribution in [0, 0.1) is 5.41 Å². The van der Waals surface area contributed by atoms with Crippen LogP contribution in [-0.2, 0) is 0 Å². The van der Waals surface area contributed by atoms with Gasteiger partial charge in [-0.3, -0.25) is 0 Å². The molecule has 0 N–H and O–H groups in total. The van der Waals surface area contributed by atoms with E-state index in [4.69, 9.17) is 4.74 Å². The van der Waals surface area contributed by atoms with Crippen LogP contribution in [0.25, 0.3) is 0 Å². The Hall–Kier alpha value is -0.980. The maximum Gasteiger partial charge on any atom is 0.119 e. The van der Waals surface area contributed by atoms with Crippen LogP contribution in [0.5, 0.6) is 5.75 Å². The molecule has 0 aromatic heterocycles. The maximum absolute atomic E-state index is 5.93. The van der Waals surface area contributed by atoms with Crippen molar-refractivity contribution in [3.8, 4) is 5.75 Å². The average Bonchev–Trinajstić information content (AvgIpc) is 2.15. The van der Waals surface area contributed by atoms with Crippen molar-refractivity contribution in [2.24, 2.45) is 5.41 Å². The Labute approximate surface area is 106 Å². The summed E-state index contributed by atoms with van der Waals surface area (Å²) in [7, 11) is 0. The van der Waals surface area contributed by atoms with Crippen molar-refractivity contribution >= 4 is 0 Å². The maximum atomic E-state index is 5.93. The highest BCUT2D eigenvalue weighted by molar-refractivity contribution is 5.29. The van der Waals surface area contributed by atoms with Crippen LogP contribution in [0.3, 0.4) is 0 Å². The fraction of sp³-hybridized carbons (Fsp3) is 0.625. The summed E-state index contributed by atoms with van der Waals surface area (Å²) in [5, 5.41) is 0. The van der Waals surface area contributed by atoms with Gasteiger partial charge in [0, 0.05) is 0 Å². The van der Waals surface area contributed by atoms with Crippen LogP contribution in [0.2, 0.25) is 0 Å². The van der Waals surface area contributed by atoms with Gasteiger partial charge in [0.05, 0.1) is 6.10 Å². The minimum Gasteiger partial charge on any atom is -0.491 e. The number of hydrogen-bond donors (Lipinski definition) is 0. The number of rotatable bonds is 4. The summed E-state index contributed by atoms with van der Waals surface area (Å²) in [6.07, 6.45) is 1.33. The molecule has 0 bridgehead atoms. The number of hydrogen-bond acceptors (Lipinski definition) is 1. The molecule has 0 aliphatic heterocycles. The largest absolute Gasteiger partial charge is 0.491 e. The summed E-state index contributed by atoms with van der Waals surface area (Å²) in [4.78, 5) is 0. The van der Waals surface area contributed by atoms with Gasteiger partial charge < -0.3 is 4.74 Å². The Morgan fingerprint density at radius 2 is 1.53 bits per heavy atom. The molecular formula is C16H26O. The van der Waals surface area contributed by atoms with E-state index in [-0.39, 0.29) is 6.10 Å². The van der Waals surface area contributed by atoms with Gasteiger partial charge in [0.1, 0.15) is 5.75 Å². The second-order valence-electron chi connectivity index (χ2n) is 6.42. The van der Waals surface area contributed by atoms with Crippen molar-refractivity contribution in [3.63, 3.8) is 0 Å². The van der Waals surface area contributed by atoms with E-state index < -0.39 is 0 Å². The SMILES string of the molecule is CC(CC(C)(C)C)Oc1ccc(C(C)C)cc1. The van der Waals surface area contributed by atoms with E-state index in [1.165, 1.54) is 5.56 Å². The van der Waals surface area contributed by atoms with Gasteiger partial charge in [0.15, 0.2) is 0 Å². The second-order valence-corrected chi connectivity index (χ2v) is 6.42. The zero-order chi connectivity index (χ0) is 13.1. The van der Waals surface area contributed by atoms with Gasteiger partial charge in [-0.1, -0.05) is 46.8 Å². The molecule has 1 atom stereocenters. The molecule has 0 aliphatic carbocycles. The molecule has 0 amide bonds. The Morgan fingerprint density at radius 3 is 1.94 bits per heavy atom. The quantitative estimate of drug-likeness (QED) is 0.711. The monoisotopic (exact) mass is 234 g/mol. The van der Waals surface area contributed by atoms with E-state index in [0.29, 0.717) is 11.3 Å². The first kappa shape index (κ1) is 14.1. The summed E-state index contributed by atoms with van der Waals surface area (Å²) >= 11 is 0. The Balaban J connectivity index is 2.57. The fourth-order valence-corrected chi connectivity index (χ4v) is 2.07. The molecule has 1 heteroatoms. The molecule has 17 heavy (non-hydrogen) atoms. The van der Waals surface area contributed by atoms with Crippen molar-refractivity contribution in [2.45, 2.75) is 60.0 Å². The van der Waals surface area contributed by atoms with Crippen LogP contribution in [0.15, 0.2) is 24.3 Å². The highest BCUT2D eigenvalue weighted by atomic mass is 16.5. The summed E-state index contributed by atoms with van der Waals surface area (Å²) in [5.74, 6) is 1.56. The highest BCUT2D eigenvalue weighted by Gasteiger charge is 2.16. The van der Waals surface area contributed by atoms with E-state index in [0.717, 1.165) is 12.2 Å². The van der Waals surface area contributed by atoms with E-state index in [9.17, 15) is 0 Å². The normalized spacial score (nSPS) is 13.8. The lowest BCUT2D eigenvalue weighted by molar-refractivity contribution is 0.160. The molecule has 0 saturated carbocycles. The predicted molar refractivity (Wildman–Crippen MR) is 74.7 cm³/mol. The Kier molecular flexibility index (Phi) is 4.62. The molecule has 96 valence electrons. The first-order valence-electron chi connectivity index (χ1n) is 6.54. The van der Waals surface area contributed by atoms with Crippen LogP contribution in [-0.4, -0.2) is 6.10 Å². The van der Waals surface area contributed by atoms with Gasteiger partial charge in [0.25, 0.3) is 0 Å². The van der Waals surface area contributed by atoms with Crippen LogP contribution < -0.4 is 4.74 Å². The van der Waals surface area contributed by atoms with E-state index in [2.05, 4.69) is 65.8 Å². The molecule has 0 radical (unpaired) electrons. The van der Waals surface area contributed by atoms with Crippen molar-refractivity contribution < 1.29 is 4.74 Å². The molecule has 0 aliphatic rings.